The second-order valence-corrected chi connectivity index (χ2v) is 7.10. The molecule has 1 atom stereocenters. The predicted molar refractivity (Wildman–Crippen MR) is 104 cm³/mol. The standard InChI is InChI=1S/C21H22N4O2/c1-3-19(26)18-6-12(2)16(11-23-18)14-7-15-10-24-20(8-17(15)22-9-14)25-21(27)13-4-5-13/h6-11,13,19,26H,3-5H2,1-2H3,(H,24,25,27)/t19-/m0/s1. The minimum atomic E-state index is -0.541. The molecular weight excluding hydrogens is 340 g/mol. The monoisotopic (exact) mass is 362 g/mol. The first-order valence-corrected chi connectivity index (χ1v) is 9.27. The lowest BCUT2D eigenvalue weighted by Gasteiger charge is -2.12. The summed E-state index contributed by atoms with van der Waals surface area (Å²) in [5.41, 5.74) is 4.42. The van der Waals surface area contributed by atoms with Crippen LogP contribution in [-0.2, 0) is 4.79 Å². The average molecular weight is 362 g/mol. The molecule has 27 heavy (non-hydrogen) atoms. The highest BCUT2D eigenvalue weighted by molar-refractivity contribution is 5.95. The Morgan fingerprint density at radius 2 is 2.00 bits per heavy atom. The van der Waals surface area contributed by atoms with Crippen molar-refractivity contribution >= 4 is 22.6 Å². The normalized spacial score (nSPS) is 14.9. The van der Waals surface area contributed by atoms with E-state index in [0.717, 1.165) is 40.4 Å². The molecule has 1 aliphatic rings. The first-order valence-electron chi connectivity index (χ1n) is 9.27. The highest BCUT2D eigenvalue weighted by Gasteiger charge is 2.29. The number of carbonyl (C=O) groups is 1. The van der Waals surface area contributed by atoms with Crippen LogP contribution in [0.5, 0.6) is 0 Å². The Bertz CT molecular complexity index is 1010. The van der Waals surface area contributed by atoms with Crippen molar-refractivity contribution in [3.8, 4) is 11.1 Å². The fraction of sp³-hybridized carbons (Fsp3) is 0.333. The van der Waals surface area contributed by atoms with Gasteiger partial charge >= 0.3 is 0 Å². The second kappa shape index (κ2) is 7.04. The van der Waals surface area contributed by atoms with E-state index in [9.17, 15) is 9.90 Å². The van der Waals surface area contributed by atoms with Gasteiger partial charge in [0.1, 0.15) is 5.82 Å². The number of nitrogens with one attached hydrogen (secondary N) is 1. The molecule has 0 aliphatic heterocycles. The third-order valence-electron chi connectivity index (χ3n) is 4.94. The molecule has 3 aromatic heterocycles. The molecule has 0 spiro atoms. The van der Waals surface area contributed by atoms with Gasteiger partial charge in [-0.1, -0.05) is 6.92 Å². The average Bonchev–Trinajstić information content (AvgIpc) is 3.52. The lowest BCUT2D eigenvalue weighted by atomic mass is 10.0. The van der Waals surface area contributed by atoms with E-state index in [1.54, 1.807) is 24.7 Å². The zero-order chi connectivity index (χ0) is 19.0. The number of hydrogen-bond donors (Lipinski definition) is 2. The van der Waals surface area contributed by atoms with Crippen molar-refractivity contribution in [2.45, 2.75) is 39.2 Å². The van der Waals surface area contributed by atoms with Gasteiger partial charge in [0.15, 0.2) is 0 Å². The van der Waals surface area contributed by atoms with E-state index in [4.69, 9.17) is 0 Å². The molecule has 0 unspecified atom stereocenters. The fourth-order valence-corrected chi connectivity index (χ4v) is 3.08. The Morgan fingerprint density at radius 3 is 2.70 bits per heavy atom. The van der Waals surface area contributed by atoms with Gasteiger partial charge in [-0.15, -0.1) is 0 Å². The molecule has 3 aromatic rings. The number of amides is 1. The number of aryl methyl sites for hydroxylation is 1. The van der Waals surface area contributed by atoms with Crippen LogP contribution >= 0.6 is 0 Å². The summed E-state index contributed by atoms with van der Waals surface area (Å²) in [6.07, 6.45) is 7.32. The van der Waals surface area contributed by atoms with E-state index in [1.807, 2.05) is 26.0 Å². The van der Waals surface area contributed by atoms with Crippen LogP contribution in [0.1, 0.15) is 43.5 Å². The molecular formula is C21H22N4O2. The van der Waals surface area contributed by atoms with Gasteiger partial charge in [0, 0.05) is 47.1 Å². The topological polar surface area (TPSA) is 88.0 Å². The molecule has 6 heteroatoms. The number of aliphatic hydroxyl groups excluding tert-OH is 1. The molecule has 1 aliphatic carbocycles. The molecule has 0 bridgehead atoms. The summed E-state index contributed by atoms with van der Waals surface area (Å²) in [4.78, 5) is 25.2. The van der Waals surface area contributed by atoms with Crippen LogP contribution in [0.15, 0.2) is 36.8 Å². The predicted octanol–water partition coefficient (Wildman–Crippen LogP) is 3.79. The maximum absolute atomic E-state index is 11.9. The van der Waals surface area contributed by atoms with E-state index in [0.29, 0.717) is 17.9 Å². The summed E-state index contributed by atoms with van der Waals surface area (Å²) in [6.45, 7) is 3.93. The molecule has 0 saturated heterocycles. The molecule has 0 radical (unpaired) electrons. The summed E-state index contributed by atoms with van der Waals surface area (Å²) in [5.74, 6) is 0.715. The van der Waals surface area contributed by atoms with Crippen LogP contribution in [-0.4, -0.2) is 26.0 Å². The molecule has 3 heterocycles. The van der Waals surface area contributed by atoms with Crippen molar-refractivity contribution in [3.63, 3.8) is 0 Å². The van der Waals surface area contributed by atoms with Crippen molar-refractivity contribution in [2.24, 2.45) is 5.92 Å². The van der Waals surface area contributed by atoms with Gasteiger partial charge in [-0.25, -0.2) is 4.98 Å². The second-order valence-electron chi connectivity index (χ2n) is 7.10. The van der Waals surface area contributed by atoms with Gasteiger partial charge in [-0.3, -0.25) is 14.8 Å². The lowest BCUT2D eigenvalue weighted by molar-refractivity contribution is -0.117. The minimum Gasteiger partial charge on any atom is -0.387 e. The van der Waals surface area contributed by atoms with Crippen molar-refractivity contribution < 1.29 is 9.90 Å². The first-order chi connectivity index (χ1) is 13.0. The molecule has 0 aromatic carbocycles. The number of anilines is 1. The summed E-state index contributed by atoms with van der Waals surface area (Å²) < 4.78 is 0. The first kappa shape index (κ1) is 17.5. The van der Waals surface area contributed by atoms with Gasteiger partial charge in [0.25, 0.3) is 0 Å². The number of hydrogen-bond acceptors (Lipinski definition) is 5. The zero-order valence-corrected chi connectivity index (χ0v) is 15.4. The molecule has 4 rings (SSSR count). The largest absolute Gasteiger partial charge is 0.387 e. The van der Waals surface area contributed by atoms with Crippen LogP contribution in [0.2, 0.25) is 0 Å². The third-order valence-corrected chi connectivity index (χ3v) is 4.94. The van der Waals surface area contributed by atoms with Crippen molar-refractivity contribution in [1.82, 2.24) is 15.0 Å². The van der Waals surface area contributed by atoms with Gasteiger partial charge < -0.3 is 10.4 Å². The molecule has 2 N–H and O–H groups in total. The summed E-state index contributed by atoms with van der Waals surface area (Å²) in [6, 6.07) is 5.73. The smallest absolute Gasteiger partial charge is 0.228 e. The van der Waals surface area contributed by atoms with Crippen LogP contribution in [0.4, 0.5) is 5.82 Å². The van der Waals surface area contributed by atoms with Gasteiger partial charge in [0.05, 0.1) is 17.3 Å². The lowest BCUT2D eigenvalue weighted by Crippen LogP contribution is -2.14. The van der Waals surface area contributed by atoms with Gasteiger partial charge in [-0.05, 0) is 43.9 Å². The zero-order valence-electron chi connectivity index (χ0n) is 15.4. The van der Waals surface area contributed by atoms with Crippen molar-refractivity contribution in [2.75, 3.05) is 5.32 Å². The number of aliphatic hydroxyl groups is 1. The number of fused-ring (bicyclic) bond motifs is 1. The van der Waals surface area contributed by atoms with E-state index in [2.05, 4.69) is 20.3 Å². The Kier molecular flexibility index (Phi) is 4.58. The number of aromatic nitrogens is 3. The van der Waals surface area contributed by atoms with Gasteiger partial charge in [0.2, 0.25) is 5.91 Å². The van der Waals surface area contributed by atoms with Gasteiger partial charge in [-0.2, -0.15) is 0 Å². The maximum atomic E-state index is 11.9. The van der Waals surface area contributed by atoms with E-state index in [-0.39, 0.29) is 11.8 Å². The number of carbonyl (C=O) groups excluding carboxylic acids is 1. The quantitative estimate of drug-likeness (QED) is 0.721. The van der Waals surface area contributed by atoms with E-state index in [1.165, 1.54) is 0 Å². The highest BCUT2D eigenvalue weighted by atomic mass is 16.3. The molecule has 1 fully saturated rings. The Balaban J connectivity index is 1.62. The summed E-state index contributed by atoms with van der Waals surface area (Å²) in [7, 11) is 0. The Labute approximate surface area is 157 Å². The third kappa shape index (κ3) is 3.66. The number of pyridine rings is 3. The number of nitrogens with zero attached hydrogens (tertiary/aromatic N) is 3. The van der Waals surface area contributed by atoms with Crippen molar-refractivity contribution in [3.05, 3.63) is 48.0 Å². The van der Waals surface area contributed by atoms with Crippen LogP contribution in [0.3, 0.4) is 0 Å². The number of rotatable bonds is 5. The summed E-state index contributed by atoms with van der Waals surface area (Å²) in [5, 5.41) is 13.7. The minimum absolute atomic E-state index is 0.0366. The van der Waals surface area contributed by atoms with Crippen LogP contribution in [0.25, 0.3) is 22.0 Å². The fourth-order valence-electron chi connectivity index (χ4n) is 3.08. The van der Waals surface area contributed by atoms with E-state index >= 15 is 0 Å². The highest BCUT2D eigenvalue weighted by Crippen LogP contribution is 2.31. The Morgan fingerprint density at radius 1 is 1.19 bits per heavy atom. The SMILES string of the molecule is CC[C@H](O)c1cc(C)c(-c2cnc3cc(NC(=O)C4CC4)ncc3c2)cn1. The summed E-state index contributed by atoms with van der Waals surface area (Å²) >= 11 is 0. The Hall–Kier alpha value is -2.86. The van der Waals surface area contributed by atoms with Crippen molar-refractivity contribution in [1.29, 1.82) is 0 Å². The molecule has 6 nitrogen and oxygen atoms in total. The van der Waals surface area contributed by atoms with E-state index < -0.39 is 6.10 Å². The van der Waals surface area contributed by atoms with Crippen LogP contribution in [0, 0.1) is 12.8 Å². The molecule has 138 valence electrons. The molecule has 1 amide bonds. The maximum Gasteiger partial charge on any atom is 0.228 e. The van der Waals surface area contributed by atoms with Crippen LogP contribution < -0.4 is 5.32 Å². The molecule has 1 saturated carbocycles.